The number of benzene rings is 1. The molecular formula is C13H14BrNO3. The fourth-order valence-electron chi connectivity index (χ4n) is 2.00. The molecule has 1 N–H and O–H groups in total. The lowest BCUT2D eigenvalue weighted by Gasteiger charge is -2.41. The Morgan fingerprint density at radius 1 is 1.39 bits per heavy atom. The molecule has 0 aliphatic carbocycles. The van der Waals surface area contributed by atoms with Gasteiger partial charge in [0.25, 0.3) is 5.91 Å². The number of amides is 1. The van der Waals surface area contributed by atoms with Gasteiger partial charge in [-0.1, -0.05) is 19.1 Å². The van der Waals surface area contributed by atoms with Crippen LogP contribution in [0.3, 0.4) is 0 Å². The van der Waals surface area contributed by atoms with Crippen molar-refractivity contribution >= 4 is 27.8 Å². The van der Waals surface area contributed by atoms with Gasteiger partial charge in [-0.2, -0.15) is 0 Å². The van der Waals surface area contributed by atoms with E-state index in [-0.39, 0.29) is 11.8 Å². The lowest BCUT2D eigenvalue weighted by atomic mass is 9.86. The molecule has 96 valence electrons. The maximum Gasteiger partial charge on any atom is 0.306 e. The van der Waals surface area contributed by atoms with Crippen LogP contribution in [0, 0.1) is 11.8 Å². The Bertz CT molecular complexity index is 483. The highest BCUT2D eigenvalue weighted by atomic mass is 79.9. The second-order valence-corrected chi connectivity index (χ2v) is 5.43. The molecule has 5 heteroatoms. The summed E-state index contributed by atoms with van der Waals surface area (Å²) in [6.07, 6.45) is 0. The third kappa shape index (κ3) is 2.41. The number of hydrogen-bond acceptors (Lipinski definition) is 2. The minimum absolute atomic E-state index is 0.0451. The number of nitrogens with zero attached hydrogens (tertiary/aromatic N) is 1. The summed E-state index contributed by atoms with van der Waals surface area (Å²) in [6.45, 7) is 2.73. The van der Waals surface area contributed by atoms with Crippen LogP contribution in [0.25, 0.3) is 0 Å². The summed E-state index contributed by atoms with van der Waals surface area (Å²) >= 11 is 3.34. The molecule has 1 heterocycles. The molecule has 0 spiro atoms. The predicted octanol–water partition coefficient (Wildman–Crippen LogP) is 2.24. The number of carbonyl (C=O) groups excluding carboxylic acids is 1. The van der Waals surface area contributed by atoms with Crippen LogP contribution in [0.4, 0.5) is 0 Å². The summed E-state index contributed by atoms with van der Waals surface area (Å²) in [7, 11) is 0. The zero-order valence-electron chi connectivity index (χ0n) is 9.97. The molecule has 1 fully saturated rings. The van der Waals surface area contributed by atoms with Gasteiger partial charge in [0.1, 0.15) is 0 Å². The van der Waals surface area contributed by atoms with Crippen molar-refractivity contribution in [3.63, 3.8) is 0 Å². The van der Waals surface area contributed by atoms with Crippen molar-refractivity contribution in [1.29, 1.82) is 0 Å². The summed E-state index contributed by atoms with van der Waals surface area (Å²) in [5, 5.41) is 8.89. The largest absolute Gasteiger partial charge is 0.481 e. The molecule has 1 aromatic rings. The molecule has 1 amide bonds. The van der Waals surface area contributed by atoms with E-state index in [0.717, 1.165) is 4.47 Å². The van der Waals surface area contributed by atoms with E-state index in [1.54, 1.807) is 17.9 Å². The minimum atomic E-state index is -0.798. The normalized spacial score (nSPS) is 17.1. The van der Waals surface area contributed by atoms with Gasteiger partial charge in [-0.15, -0.1) is 0 Å². The first-order valence-corrected chi connectivity index (χ1v) is 6.56. The maximum atomic E-state index is 12.1. The Balaban J connectivity index is 1.99. The fraction of sp³-hybridized carbons (Fsp3) is 0.385. The Hall–Kier alpha value is -1.36. The second-order valence-electron chi connectivity index (χ2n) is 4.58. The Morgan fingerprint density at radius 3 is 2.56 bits per heavy atom. The standard InChI is InChI=1S/C13H14BrNO3/c1-8(13(17)18)9-6-15(7-9)12(16)10-4-2-3-5-11(10)14/h2-5,8-9H,6-7H2,1H3,(H,17,18). The van der Waals surface area contributed by atoms with Crippen LogP contribution in [0.15, 0.2) is 28.7 Å². The quantitative estimate of drug-likeness (QED) is 0.931. The monoisotopic (exact) mass is 311 g/mol. The van der Waals surface area contributed by atoms with Crippen LogP contribution in [-0.4, -0.2) is 35.0 Å². The highest BCUT2D eigenvalue weighted by Crippen LogP contribution is 2.27. The molecule has 2 rings (SSSR count). The summed E-state index contributed by atoms with van der Waals surface area (Å²) < 4.78 is 0.768. The first-order valence-electron chi connectivity index (χ1n) is 5.77. The van der Waals surface area contributed by atoms with Crippen molar-refractivity contribution in [2.75, 3.05) is 13.1 Å². The van der Waals surface area contributed by atoms with Gasteiger partial charge >= 0.3 is 5.97 Å². The van der Waals surface area contributed by atoms with E-state index in [0.29, 0.717) is 18.7 Å². The van der Waals surface area contributed by atoms with Gasteiger partial charge in [0.05, 0.1) is 11.5 Å². The molecule has 0 aromatic heterocycles. The van der Waals surface area contributed by atoms with Gasteiger partial charge < -0.3 is 10.0 Å². The number of rotatable bonds is 3. The summed E-state index contributed by atoms with van der Waals surface area (Å²) in [4.78, 5) is 24.6. The molecule has 0 saturated carbocycles. The van der Waals surface area contributed by atoms with Gasteiger partial charge in [0, 0.05) is 23.5 Å². The van der Waals surface area contributed by atoms with E-state index in [9.17, 15) is 9.59 Å². The molecule has 1 aliphatic rings. The summed E-state index contributed by atoms with van der Waals surface area (Å²) in [5.74, 6) is -1.17. The van der Waals surface area contributed by atoms with E-state index < -0.39 is 11.9 Å². The molecule has 1 saturated heterocycles. The average molecular weight is 312 g/mol. The van der Waals surface area contributed by atoms with Gasteiger partial charge in [-0.3, -0.25) is 9.59 Å². The van der Waals surface area contributed by atoms with Crippen LogP contribution < -0.4 is 0 Å². The van der Waals surface area contributed by atoms with Crippen molar-refractivity contribution in [2.45, 2.75) is 6.92 Å². The van der Waals surface area contributed by atoms with Crippen LogP contribution in [-0.2, 0) is 4.79 Å². The number of aliphatic carboxylic acids is 1. The second kappa shape index (κ2) is 5.10. The summed E-state index contributed by atoms with van der Waals surface area (Å²) in [6, 6.07) is 7.26. The zero-order valence-corrected chi connectivity index (χ0v) is 11.6. The van der Waals surface area contributed by atoms with Crippen molar-refractivity contribution in [3.05, 3.63) is 34.3 Å². The smallest absolute Gasteiger partial charge is 0.306 e. The fourth-order valence-corrected chi connectivity index (χ4v) is 2.46. The van der Waals surface area contributed by atoms with Crippen LogP contribution in [0.1, 0.15) is 17.3 Å². The van der Waals surface area contributed by atoms with Crippen molar-refractivity contribution in [2.24, 2.45) is 11.8 Å². The van der Waals surface area contributed by atoms with Crippen LogP contribution in [0.5, 0.6) is 0 Å². The van der Waals surface area contributed by atoms with Gasteiger partial charge in [0.15, 0.2) is 0 Å². The number of carboxylic acid groups (broad SMARTS) is 1. The number of halogens is 1. The molecule has 4 nitrogen and oxygen atoms in total. The van der Waals surface area contributed by atoms with E-state index >= 15 is 0 Å². The first kappa shape index (κ1) is 13.1. The minimum Gasteiger partial charge on any atom is -0.481 e. The van der Waals surface area contributed by atoms with Crippen molar-refractivity contribution in [1.82, 2.24) is 4.90 Å². The van der Waals surface area contributed by atoms with Gasteiger partial charge in [-0.05, 0) is 28.1 Å². The van der Waals surface area contributed by atoms with E-state index in [2.05, 4.69) is 15.9 Å². The van der Waals surface area contributed by atoms with Crippen LogP contribution in [0.2, 0.25) is 0 Å². The van der Waals surface area contributed by atoms with E-state index in [1.165, 1.54) is 0 Å². The summed E-state index contributed by atoms with van der Waals surface area (Å²) in [5.41, 5.74) is 0.624. The Labute approximate surface area is 114 Å². The predicted molar refractivity (Wildman–Crippen MR) is 70.3 cm³/mol. The average Bonchev–Trinajstić information content (AvgIpc) is 2.27. The molecule has 1 aromatic carbocycles. The van der Waals surface area contributed by atoms with Crippen LogP contribution >= 0.6 is 15.9 Å². The SMILES string of the molecule is CC(C(=O)O)C1CN(C(=O)c2ccccc2Br)C1. The first-order chi connectivity index (χ1) is 8.50. The number of carboxylic acids is 1. The molecule has 0 radical (unpaired) electrons. The molecule has 0 bridgehead atoms. The van der Waals surface area contributed by atoms with Gasteiger partial charge in [0.2, 0.25) is 0 Å². The lowest BCUT2D eigenvalue weighted by Crippen LogP contribution is -2.53. The number of hydrogen-bond donors (Lipinski definition) is 1. The third-order valence-electron chi connectivity index (χ3n) is 3.40. The van der Waals surface area contributed by atoms with E-state index in [1.807, 2.05) is 18.2 Å². The topological polar surface area (TPSA) is 57.6 Å². The lowest BCUT2D eigenvalue weighted by molar-refractivity contribution is -0.144. The number of likely N-dealkylation sites (tertiary alicyclic amines) is 1. The Kier molecular flexibility index (Phi) is 3.71. The number of carbonyl (C=O) groups is 2. The highest BCUT2D eigenvalue weighted by Gasteiger charge is 2.37. The molecule has 1 atom stereocenters. The molecular weight excluding hydrogens is 298 g/mol. The third-order valence-corrected chi connectivity index (χ3v) is 4.09. The maximum absolute atomic E-state index is 12.1. The van der Waals surface area contributed by atoms with E-state index in [4.69, 9.17) is 5.11 Å². The molecule has 1 unspecified atom stereocenters. The van der Waals surface area contributed by atoms with Crippen molar-refractivity contribution < 1.29 is 14.7 Å². The highest BCUT2D eigenvalue weighted by molar-refractivity contribution is 9.10. The zero-order chi connectivity index (χ0) is 13.3. The van der Waals surface area contributed by atoms with Gasteiger partial charge in [-0.25, -0.2) is 0 Å². The Morgan fingerprint density at radius 2 is 2.00 bits per heavy atom. The van der Waals surface area contributed by atoms with Crippen molar-refractivity contribution in [3.8, 4) is 0 Å². The molecule has 1 aliphatic heterocycles. The molecule has 18 heavy (non-hydrogen) atoms.